The summed E-state index contributed by atoms with van der Waals surface area (Å²) in [5, 5.41) is 22.2. The molecule has 3 aromatic heterocycles. The van der Waals surface area contributed by atoms with Crippen LogP contribution < -0.4 is 5.32 Å². The molecule has 7 rings (SSSR count). The van der Waals surface area contributed by atoms with Crippen molar-refractivity contribution in [2.45, 2.75) is 38.3 Å². The Kier molecular flexibility index (Phi) is 8.08. The minimum absolute atomic E-state index is 0.196. The molecule has 5 aromatic rings. The highest BCUT2D eigenvalue weighted by Crippen LogP contribution is 2.34. The second-order valence-corrected chi connectivity index (χ2v) is 11.5. The number of carbonyl (C=O) groups is 2. The van der Waals surface area contributed by atoms with E-state index in [0.717, 1.165) is 82.4 Å². The molecule has 4 N–H and O–H groups in total. The first-order valence-corrected chi connectivity index (χ1v) is 14.8. The minimum atomic E-state index is -0.250. The van der Waals surface area contributed by atoms with Crippen molar-refractivity contribution in [3.63, 3.8) is 0 Å². The fraction of sp³-hybridized carbons (Fsp3) is 0.333. The van der Waals surface area contributed by atoms with Crippen LogP contribution in [0.5, 0.6) is 0 Å². The molecule has 2 fully saturated rings. The molecule has 1 amide bonds. The van der Waals surface area contributed by atoms with E-state index in [1.54, 1.807) is 17.5 Å². The van der Waals surface area contributed by atoms with Crippen LogP contribution in [-0.4, -0.2) is 79.7 Å². The Balaban J connectivity index is 0.000000967. The number of piperazine rings is 1. The van der Waals surface area contributed by atoms with E-state index in [0.29, 0.717) is 5.69 Å². The number of H-pyrrole nitrogens is 2. The number of hydrogen-bond donors (Lipinski definition) is 4. The molecule has 212 valence electrons. The van der Waals surface area contributed by atoms with E-state index in [1.165, 1.54) is 25.7 Å². The van der Waals surface area contributed by atoms with E-state index in [2.05, 4.69) is 54.6 Å². The molecule has 1 saturated heterocycles. The van der Waals surface area contributed by atoms with Crippen LogP contribution in [0.15, 0.2) is 54.2 Å². The molecule has 1 aliphatic carbocycles. The molecule has 41 heavy (non-hydrogen) atoms. The van der Waals surface area contributed by atoms with Gasteiger partial charge in [0.2, 0.25) is 0 Å². The van der Waals surface area contributed by atoms with E-state index in [1.807, 2.05) is 23.7 Å². The number of aromatic amines is 2. The summed E-state index contributed by atoms with van der Waals surface area (Å²) in [5.74, 6) is -0.196. The molecule has 0 radical (unpaired) electrons. The number of carbonyl (C=O) groups excluding carboxylic acids is 1. The molecule has 0 unspecified atom stereocenters. The van der Waals surface area contributed by atoms with Gasteiger partial charge in [-0.25, -0.2) is 4.98 Å². The number of nitrogens with one attached hydrogen (secondary N) is 3. The topological polar surface area (TPSA) is 130 Å². The molecule has 0 atom stereocenters. The predicted octanol–water partition coefficient (Wildman–Crippen LogP) is 5.18. The van der Waals surface area contributed by atoms with Crippen LogP contribution in [0.3, 0.4) is 0 Å². The molecule has 1 saturated carbocycles. The van der Waals surface area contributed by atoms with Crippen molar-refractivity contribution in [1.29, 1.82) is 0 Å². The molecule has 0 bridgehead atoms. The van der Waals surface area contributed by atoms with Crippen molar-refractivity contribution < 1.29 is 14.7 Å². The third-order valence-electron chi connectivity index (χ3n) is 8.10. The Morgan fingerprint density at radius 3 is 2.71 bits per heavy atom. The highest BCUT2D eigenvalue weighted by atomic mass is 32.1. The van der Waals surface area contributed by atoms with E-state index in [9.17, 15) is 4.79 Å². The van der Waals surface area contributed by atoms with Crippen molar-refractivity contribution >= 4 is 51.2 Å². The van der Waals surface area contributed by atoms with Crippen LogP contribution in [0.4, 0.5) is 5.69 Å². The second-order valence-electron chi connectivity index (χ2n) is 10.5. The molecule has 2 aliphatic rings. The van der Waals surface area contributed by atoms with Gasteiger partial charge in [0.25, 0.3) is 12.4 Å². The first kappa shape index (κ1) is 27.1. The van der Waals surface area contributed by atoms with E-state index >= 15 is 0 Å². The van der Waals surface area contributed by atoms with Crippen molar-refractivity contribution in [3.8, 4) is 11.1 Å². The molecular formula is C30H33N7O3S. The lowest BCUT2D eigenvalue weighted by atomic mass is 9.99. The van der Waals surface area contributed by atoms with Gasteiger partial charge in [-0.3, -0.25) is 24.5 Å². The molecule has 2 aromatic carbocycles. The van der Waals surface area contributed by atoms with Gasteiger partial charge in [0.05, 0.1) is 23.9 Å². The largest absolute Gasteiger partial charge is 0.483 e. The zero-order valence-electron chi connectivity index (χ0n) is 22.7. The summed E-state index contributed by atoms with van der Waals surface area (Å²) in [7, 11) is 0. The minimum Gasteiger partial charge on any atom is -0.483 e. The number of thiazole rings is 1. The molecule has 11 heteroatoms. The maximum atomic E-state index is 13.3. The summed E-state index contributed by atoms with van der Waals surface area (Å²) in [5.41, 5.74) is 5.25. The monoisotopic (exact) mass is 571 g/mol. The Labute approximate surface area is 241 Å². The fourth-order valence-electron chi connectivity index (χ4n) is 6.07. The van der Waals surface area contributed by atoms with Crippen LogP contribution >= 0.6 is 11.3 Å². The molecule has 10 nitrogen and oxygen atoms in total. The van der Waals surface area contributed by atoms with Gasteiger partial charge < -0.3 is 15.4 Å². The average Bonchev–Trinajstić information content (AvgIpc) is 3.80. The van der Waals surface area contributed by atoms with Crippen molar-refractivity contribution in [3.05, 3.63) is 64.9 Å². The number of nitrogens with zero attached hydrogens (tertiary/aromatic N) is 4. The first-order chi connectivity index (χ1) is 20.1. The number of anilines is 1. The summed E-state index contributed by atoms with van der Waals surface area (Å²) < 4.78 is 0. The zero-order valence-corrected chi connectivity index (χ0v) is 23.5. The van der Waals surface area contributed by atoms with Crippen LogP contribution in [-0.2, 0) is 11.3 Å². The van der Waals surface area contributed by atoms with Gasteiger partial charge in [-0.05, 0) is 48.2 Å². The quantitative estimate of drug-likeness (QED) is 0.207. The van der Waals surface area contributed by atoms with E-state index < -0.39 is 0 Å². The van der Waals surface area contributed by atoms with Crippen LogP contribution in [0.1, 0.15) is 41.2 Å². The highest BCUT2D eigenvalue weighted by molar-refractivity contribution is 7.09. The third kappa shape index (κ3) is 5.88. The van der Waals surface area contributed by atoms with E-state index in [4.69, 9.17) is 14.9 Å². The van der Waals surface area contributed by atoms with Crippen LogP contribution in [0.2, 0.25) is 0 Å². The van der Waals surface area contributed by atoms with Gasteiger partial charge in [-0.2, -0.15) is 5.10 Å². The smallest absolute Gasteiger partial charge is 0.290 e. The summed E-state index contributed by atoms with van der Waals surface area (Å²) in [6, 6.07) is 13.2. The van der Waals surface area contributed by atoms with E-state index in [-0.39, 0.29) is 12.4 Å². The van der Waals surface area contributed by atoms with Crippen LogP contribution in [0.25, 0.3) is 32.9 Å². The summed E-state index contributed by atoms with van der Waals surface area (Å²) in [6.45, 7) is 4.96. The lowest BCUT2D eigenvalue weighted by Gasteiger charge is -2.37. The lowest BCUT2D eigenvalue weighted by Crippen LogP contribution is -2.49. The highest BCUT2D eigenvalue weighted by Gasteiger charge is 2.26. The number of fused-ring (bicyclic) bond motifs is 2. The van der Waals surface area contributed by atoms with Gasteiger partial charge in [0.15, 0.2) is 0 Å². The number of hydrogen-bond acceptors (Lipinski definition) is 7. The van der Waals surface area contributed by atoms with Gasteiger partial charge in [0, 0.05) is 60.1 Å². The SMILES string of the molecule is O=C(Nc1cc(-c2cccc3[nH]ccc23)cc2[nH]ncc12)c1csc(CN2CCN(C3CCCC3)CC2)n1.O=CO. The number of rotatable bonds is 6. The lowest BCUT2D eigenvalue weighted by molar-refractivity contribution is -0.122. The van der Waals surface area contributed by atoms with Crippen molar-refractivity contribution in [2.24, 2.45) is 0 Å². The van der Waals surface area contributed by atoms with Crippen LogP contribution in [0, 0.1) is 0 Å². The third-order valence-corrected chi connectivity index (χ3v) is 8.94. The maximum Gasteiger partial charge on any atom is 0.290 e. The van der Waals surface area contributed by atoms with Crippen molar-refractivity contribution in [2.75, 3.05) is 31.5 Å². The van der Waals surface area contributed by atoms with Crippen molar-refractivity contribution in [1.82, 2.24) is 30.0 Å². The number of carboxylic acid groups (broad SMARTS) is 1. The van der Waals surface area contributed by atoms with Gasteiger partial charge >= 0.3 is 0 Å². The first-order valence-electron chi connectivity index (χ1n) is 14.0. The van der Waals surface area contributed by atoms with Gasteiger partial charge in [-0.1, -0.05) is 25.0 Å². The Morgan fingerprint density at radius 2 is 1.90 bits per heavy atom. The summed E-state index contributed by atoms with van der Waals surface area (Å²) in [6.07, 6.45) is 9.19. The normalized spacial score (nSPS) is 16.6. The Bertz CT molecular complexity index is 1640. The Morgan fingerprint density at radius 1 is 1.10 bits per heavy atom. The number of amides is 1. The number of aromatic nitrogens is 4. The summed E-state index contributed by atoms with van der Waals surface area (Å²) >= 11 is 1.57. The molecule has 0 spiro atoms. The number of benzene rings is 2. The maximum absolute atomic E-state index is 13.3. The zero-order chi connectivity index (χ0) is 28.2. The molecule has 1 aliphatic heterocycles. The second kappa shape index (κ2) is 12.2. The van der Waals surface area contributed by atoms with Gasteiger partial charge in [-0.15, -0.1) is 11.3 Å². The standard InChI is InChI=1S/C29H31N7OS.CH2O2/c37-29(27-18-38-28(32-27)17-35-10-12-36(13-11-35)20-4-1-2-5-20)33-25-14-19(15-26-23(25)16-31-34-26)21-6-3-7-24-22(21)8-9-30-24;2-1-3/h3,6-9,14-16,18,20,30H,1-2,4-5,10-13,17H2,(H,31,34)(H,33,37);1H,(H,2,3). The van der Waals surface area contributed by atoms with Gasteiger partial charge in [0.1, 0.15) is 10.7 Å². The molecular weight excluding hydrogens is 538 g/mol. The molecule has 4 heterocycles. The average molecular weight is 572 g/mol. The Hall–Kier alpha value is -4.06. The summed E-state index contributed by atoms with van der Waals surface area (Å²) in [4.78, 5) is 34.7. The fourth-order valence-corrected chi connectivity index (χ4v) is 6.88. The predicted molar refractivity (Wildman–Crippen MR) is 161 cm³/mol.